The third-order valence-electron chi connectivity index (χ3n) is 5.54. The zero-order chi connectivity index (χ0) is 24.1. The van der Waals surface area contributed by atoms with Crippen molar-refractivity contribution in [1.82, 2.24) is 14.4 Å². The van der Waals surface area contributed by atoms with Gasteiger partial charge in [0, 0.05) is 24.8 Å². The van der Waals surface area contributed by atoms with Gasteiger partial charge in [0.1, 0.15) is 5.82 Å². The second-order valence-electron chi connectivity index (χ2n) is 7.47. The number of hydrogen-bond acceptors (Lipinski definition) is 4. The van der Waals surface area contributed by atoms with E-state index in [9.17, 15) is 4.79 Å². The monoisotopic (exact) mass is 404 g/mol. The van der Waals surface area contributed by atoms with Crippen molar-refractivity contribution in [3.63, 3.8) is 0 Å². The minimum Gasteiger partial charge on any atom is -0.478 e. The summed E-state index contributed by atoms with van der Waals surface area (Å²) in [6.07, 6.45) is -1.49. The summed E-state index contributed by atoms with van der Waals surface area (Å²) in [7, 11) is 0. The van der Waals surface area contributed by atoms with E-state index in [0.29, 0.717) is 31.7 Å². The lowest BCUT2D eigenvalue weighted by atomic mass is 9.90. The fraction of sp³-hybridized carbons (Fsp3) is 0.292. The van der Waals surface area contributed by atoms with Crippen molar-refractivity contribution in [2.45, 2.75) is 25.6 Å². The minimum absolute atomic E-state index is 0.0447. The van der Waals surface area contributed by atoms with Crippen LogP contribution in [0, 0.1) is 5.92 Å². The van der Waals surface area contributed by atoms with Gasteiger partial charge in [-0.15, -0.1) is 0 Å². The number of imidazole rings is 1. The molecule has 4 aromatic rings. The molecule has 0 spiro atoms. The number of piperidine rings is 1. The van der Waals surface area contributed by atoms with E-state index in [-0.39, 0.29) is 11.1 Å². The summed E-state index contributed by atoms with van der Waals surface area (Å²) in [6.45, 7) is 1.11. The first kappa shape index (κ1) is 14.6. The zero-order valence-corrected chi connectivity index (χ0v) is 16.3. The van der Waals surface area contributed by atoms with Crippen molar-refractivity contribution in [3.05, 3.63) is 71.9 Å². The van der Waals surface area contributed by atoms with Crippen LogP contribution < -0.4 is 4.90 Å². The molecule has 1 aliphatic rings. The molecule has 1 N–H and O–H groups in total. The van der Waals surface area contributed by atoms with E-state index in [1.807, 2.05) is 40.9 Å². The lowest BCUT2D eigenvalue weighted by molar-refractivity contribution is 0.0697. The number of rotatable bonds is 5. The quantitative estimate of drug-likeness (QED) is 0.533. The zero-order valence-electron chi connectivity index (χ0n) is 20.3. The molecule has 0 radical (unpaired) electrons. The molecule has 5 rings (SSSR count). The molecule has 2 aromatic carbocycles. The van der Waals surface area contributed by atoms with Gasteiger partial charge in [-0.05, 0) is 67.4 Å². The predicted octanol–water partition coefficient (Wildman–Crippen LogP) is 4.43. The maximum Gasteiger partial charge on any atom is 0.335 e. The van der Waals surface area contributed by atoms with E-state index in [4.69, 9.17) is 15.6 Å². The maximum atomic E-state index is 11.1. The first-order valence-corrected chi connectivity index (χ1v) is 10.0. The van der Waals surface area contributed by atoms with Crippen LogP contribution in [0.2, 0.25) is 0 Å². The molecule has 0 saturated carbocycles. The van der Waals surface area contributed by atoms with E-state index in [1.54, 1.807) is 0 Å². The largest absolute Gasteiger partial charge is 0.478 e. The first-order chi connectivity index (χ1) is 16.2. The molecule has 0 amide bonds. The van der Waals surface area contributed by atoms with Gasteiger partial charge in [0.05, 0.1) is 16.6 Å². The SMILES string of the molecule is [2H]C([2H])(c1ccc(C(=O)O)cc1)C([2H])([2H])C1CCN(c2ccn3c(n2)nc2ccccc23)CC1. The Bertz CT molecular complexity index is 1360. The van der Waals surface area contributed by atoms with Gasteiger partial charge < -0.3 is 10.0 Å². The minimum atomic E-state index is -2.26. The smallest absolute Gasteiger partial charge is 0.335 e. The van der Waals surface area contributed by atoms with Crippen LogP contribution in [0.1, 0.15) is 40.6 Å². The van der Waals surface area contributed by atoms with Crippen LogP contribution >= 0.6 is 0 Å². The number of carboxylic acid groups (broad SMARTS) is 1. The Labute approximate surface area is 180 Å². The summed E-state index contributed by atoms with van der Waals surface area (Å²) < 4.78 is 36.4. The van der Waals surface area contributed by atoms with Gasteiger partial charge in [-0.25, -0.2) is 9.78 Å². The van der Waals surface area contributed by atoms with Gasteiger partial charge in [-0.3, -0.25) is 4.40 Å². The van der Waals surface area contributed by atoms with Crippen LogP contribution in [0.3, 0.4) is 0 Å². The van der Waals surface area contributed by atoms with E-state index in [2.05, 4.69) is 9.88 Å². The number of aryl methyl sites for hydroxylation is 1. The molecular formula is C24H24N4O2. The molecule has 6 heteroatoms. The van der Waals surface area contributed by atoms with E-state index < -0.39 is 24.6 Å². The Morgan fingerprint density at radius 2 is 1.83 bits per heavy atom. The molecule has 0 atom stereocenters. The molecule has 3 heterocycles. The number of aromatic carboxylic acids is 1. The molecule has 1 fully saturated rings. The molecule has 152 valence electrons. The summed E-state index contributed by atoms with van der Waals surface area (Å²) in [5.74, 6) is -0.209. The van der Waals surface area contributed by atoms with Crippen molar-refractivity contribution in [1.29, 1.82) is 0 Å². The number of fused-ring (bicyclic) bond motifs is 3. The van der Waals surface area contributed by atoms with Crippen LogP contribution in [-0.2, 0) is 6.37 Å². The van der Waals surface area contributed by atoms with Crippen LogP contribution in [-0.4, -0.2) is 38.5 Å². The molecular weight excluding hydrogens is 376 g/mol. The van der Waals surface area contributed by atoms with Crippen LogP contribution in [0.4, 0.5) is 5.82 Å². The molecule has 2 aromatic heterocycles. The van der Waals surface area contributed by atoms with Crippen LogP contribution in [0.15, 0.2) is 60.8 Å². The van der Waals surface area contributed by atoms with Gasteiger partial charge in [0.25, 0.3) is 0 Å². The summed E-state index contributed by atoms with van der Waals surface area (Å²) in [4.78, 5) is 22.5. The lowest BCUT2D eigenvalue weighted by Gasteiger charge is -2.32. The number of carboxylic acids is 1. The van der Waals surface area contributed by atoms with E-state index in [0.717, 1.165) is 16.9 Å². The molecule has 0 unspecified atom stereocenters. The third-order valence-corrected chi connectivity index (χ3v) is 5.54. The third kappa shape index (κ3) is 3.61. The Morgan fingerprint density at radius 1 is 1.07 bits per heavy atom. The van der Waals surface area contributed by atoms with Gasteiger partial charge >= 0.3 is 5.97 Å². The second-order valence-corrected chi connectivity index (χ2v) is 7.47. The molecule has 1 saturated heterocycles. The maximum absolute atomic E-state index is 11.1. The number of benzene rings is 2. The summed E-state index contributed by atoms with van der Waals surface area (Å²) in [6, 6.07) is 15.1. The van der Waals surface area contributed by atoms with Crippen molar-refractivity contribution in [3.8, 4) is 0 Å². The summed E-state index contributed by atoms with van der Waals surface area (Å²) in [5, 5.41) is 9.07. The Morgan fingerprint density at radius 3 is 2.60 bits per heavy atom. The van der Waals surface area contributed by atoms with E-state index in [1.165, 1.54) is 24.3 Å². The number of para-hydroxylation sites is 2. The number of carbonyl (C=O) groups is 1. The number of anilines is 1. The first-order valence-electron chi connectivity index (χ1n) is 12.0. The van der Waals surface area contributed by atoms with Crippen molar-refractivity contribution < 1.29 is 15.4 Å². The van der Waals surface area contributed by atoms with Crippen molar-refractivity contribution in [2.75, 3.05) is 18.0 Å². The molecule has 0 aliphatic carbocycles. The topological polar surface area (TPSA) is 70.7 Å². The normalized spacial score (nSPS) is 18.1. The Hall–Kier alpha value is -3.41. The Kier molecular flexibility index (Phi) is 3.78. The van der Waals surface area contributed by atoms with Gasteiger partial charge in [0.2, 0.25) is 5.78 Å². The highest BCUT2D eigenvalue weighted by Crippen LogP contribution is 2.26. The predicted molar refractivity (Wildman–Crippen MR) is 117 cm³/mol. The fourth-order valence-corrected chi connectivity index (χ4v) is 3.85. The van der Waals surface area contributed by atoms with Crippen LogP contribution in [0.25, 0.3) is 16.8 Å². The van der Waals surface area contributed by atoms with Gasteiger partial charge in [0.15, 0.2) is 0 Å². The van der Waals surface area contributed by atoms with Crippen LogP contribution in [0.5, 0.6) is 0 Å². The molecule has 6 nitrogen and oxygen atoms in total. The summed E-state index contributed by atoms with van der Waals surface area (Å²) in [5.41, 5.74) is 2.05. The number of aromatic nitrogens is 3. The average molecular weight is 405 g/mol. The van der Waals surface area contributed by atoms with E-state index >= 15 is 0 Å². The number of nitrogens with zero attached hydrogens (tertiary/aromatic N) is 4. The van der Waals surface area contributed by atoms with Crippen molar-refractivity contribution >= 4 is 28.6 Å². The number of hydrogen-bond donors (Lipinski definition) is 1. The molecule has 1 aliphatic heterocycles. The highest BCUT2D eigenvalue weighted by atomic mass is 16.4. The Balaban J connectivity index is 1.32. The second kappa shape index (κ2) is 7.78. The molecule has 0 bridgehead atoms. The van der Waals surface area contributed by atoms with Crippen molar-refractivity contribution in [2.24, 2.45) is 5.92 Å². The van der Waals surface area contributed by atoms with Gasteiger partial charge in [-0.2, -0.15) is 4.98 Å². The standard InChI is InChI=1S/C24H24N4O2/c29-23(30)19-9-7-17(8-10-19)5-6-18-11-14-27(15-12-18)22-13-16-28-21-4-2-1-3-20(21)25-24(28)26-22/h1-4,7-10,13,16,18H,5-6,11-12,14-15H2,(H,29,30)/i5D2,6D2. The molecule has 30 heavy (non-hydrogen) atoms. The highest BCUT2D eigenvalue weighted by molar-refractivity contribution is 5.87. The highest BCUT2D eigenvalue weighted by Gasteiger charge is 2.21. The fourth-order valence-electron chi connectivity index (χ4n) is 3.85. The lowest BCUT2D eigenvalue weighted by Crippen LogP contribution is -2.34. The van der Waals surface area contributed by atoms with Gasteiger partial charge in [-0.1, -0.05) is 24.3 Å². The summed E-state index contributed by atoms with van der Waals surface area (Å²) >= 11 is 0. The average Bonchev–Trinajstić information content (AvgIpc) is 3.22.